The van der Waals surface area contributed by atoms with Crippen LogP contribution in [0.4, 0.5) is 0 Å². The van der Waals surface area contributed by atoms with Crippen molar-refractivity contribution in [3.05, 3.63) is 29.8 Å². The molecule has 0 spiro atoms. The number of sulfonamides is 1. The van der Waals surface area contributed by atoms with Crippen LogP contribution in [-0.4, -0.2) is 56.3 Å². The lowest BCUT2D eigenvalue weighted by molar-refractivity contribution is -0.137. The van der Waals surface area contributed by atoms with Crippen LogP contribution < -0.4 is 0 Å². The van der Waals surface area contributed by atoms with Gasteiger partial charge in [-0.25, -0.2) is 16.8 Å². The quantitative estimate of drug-likeness (QED) is 0.662. The van der Waals surface area contributed by atoms with Crippen molar-refractivity contribution in [2.75, 3.05) is 18.1 Å². The molecule has 2 fully saturated rings. The molecule has 1 aromatic rings. The number of benzene rings is 1. The molecule has 1 saturated carbocycles. The van der Waals surface area contributed by atoms with Crippen LogP contribution >= 0.6 is 0 Å². The molecule has 2 aliphatic rings. The van der Waals surface area contributed by atoms with Crippen LogP contribution in [-0.2, 0) is 24.7 Å². The largest absolute Gasteiger partial charge is 0.481 e. The van der Waals surface area contributed by atoms with Crippen molar-refractivity contribution in [3.63, 3.8) is 0 Å². The van der Waals surface area contributed by atoms with Crippen LogP contribution in [0.15, 0.2) is 29.2 Å². The standard InChI is InChI=1S/C20H29NO6S2/c22-20(23)7-4-13-21(18-12-14-28(24,25)15-18)29(26,27)19-10-8-17(9-11-19)16-5-2-1-3-6-16/h8-11,16,18H,1-7,12-15H2,(H,22,23)/t18-/m1/s1. The van der Waals surface area contributed by atoms with E-state index in [1.54, 1.807) is 12.1 Å². The molecule has 1 aliphatic heterocycles. The maximum absolute atomic E-state index is 13.3. The fraction of sp³-hybridized carbons (Fsp3) is 0.650. The van der Waals surface area contributed by atoms with Gasteiger partial charge in [-0.05, 0) is 49.3 Å². The van der Waals surface area contributed by atoms with E-state index in [0.29, 0.717) is 5.92 Å². The number of nitrogens with zero attached hydrogens (tertiary/aromatic N) is 1. The van der Waals surface area contributed by atoms with Gasteiger partial charge in [0, 0.05) is 19.0 Å². The van der Waals surface area contributed by atoms with E-state index in [1.807, 2.05) is 12.1 Å². The summed E-state index contributed by atoms with van der Waals surface area (Å²) >= 11 is 0. The van der Waals surface area contributed by atoms with Gasteiger partial charge >= 0.3 is 5.97 Å². The van der Waals surface area contributed by atoms with Crippen LogP contribution in [0.25, 0.3) is 0 Å². The van der Waals surface area contributed by atoms with Gasteiger partial charge in [0.15, 0.2) is 9.84 Å². The lowest BCUT2D eigenvalue weighted by atomic mass is 9.84. The van der Waals surface area contributed by atoms with E-state index in [2.05, 4.69) is 0 Å². The van der Waals surface area contributed by atoms with E-state index in [9.17, 15) is 21.6 Å². The molecule has 0 aromatic heterocycles. The highest BCUT2D eigenvalue weighted by Crippen LogP contribution is 2.33. The summed E-state index contributed by atoms with van der Waals surface area (Å²) in [6, 6.07) is 6.30. The molecule has 29 heavy (non-hydrogen) atoms. The summed E-state index contributed by atoms with van der Waals surface area (Å²) < 4.78 is 51.5. The number of aliphatic carboxylic acids is 1. The third kappa shape index (κ3) is 5.58. The van der Waals surface area contributed by atoms with Crippen LogP contribution in [0, 0.1) is 0 Å². The molecular weight excluding hydrogens is 414 g/mol. The minimum absolute atomic E-state index is 0.000797. The van der Waals surface area contributed by atoms with Crippen molar-refractivity contribution in [1.29, 1.82) is 0 Å². The van der Waals surface area contributed by atoms with E-state index < -0.39 is 31.9 Å². The molecular formula is C20H29NO6S2. The Balaban J connectivity index is 1.81. The number of rotatable bonds is 8. The fourth-order valence-electron chi connectivity index (χ4n) is 4.37. The van der Waals surface area contributed by atoms with E-state index in [-0.39, 0.29) is 42.2 Å². The van der Waals surface area contributed by atoms with Crippen LogP contribution in [0.1, 0.15) is 62.8 Å². The molecule has 1 atom stereocenters. The molecule has 3 rings (SSSR count). The molecule has 9 heteroatoms. The Morgan fingerprint density at radius 1 is 1.07 bits per heavy atom. The maximum Gasteiger partial charge on any atom is 0.303 e. The summed E-state index contributed by atoms with van der Waals surface area (Å²) in [7, 11) is -7.17. The second-order valence-corrected chi connectivity index (χ2v) is 12.2. The normalized spacial score (nSPS) is 22.7. The first-order valence-corrected chi connectivity index (χ1v) is 13.5. The lowest BCUT2D eigenvalue weighted by Gasteiger charge is -2.27. The molecule has 1 saturated heterocycles. The lowest BCUT2D eigenvalue weighted by Crippen LogP contribution is -2.41. The summed E-state index contributed by atoms with van der Waals surface area (Å²) in [5, 5.41) is 8.89. The number of hydrogen-bond donors (Lipinski definition) is 1. The SMILES string of the molecule is O=C(O)CCCN([C@@H]1CCS(=O)(=O)C1)S(=O)(=O)c1ccc(C2CCCCC2)cc1. The van der Waals surface area contributed by atoms with Gasteiger partial charge in [0.1, 0.15) is 0 Å². The van der Waals surface area contributed by atoms with E-state index >= 15 is 0 Å². The molecule has 0 radical (unpaired) electrons. The zero-order valence-corrected chi connectivity index (χ0v) is 18.1. The van der Waals surface area contributed by atoms with E-state index in [1.165, 1.54) is 23.6 Å². The van der Waals surface area contributed by atoms with Crippen molar-refractivity contribution >= 4 is 25.8 Å². The monoisotopic (exact) mass is 443 g/mol. The second kappa shape index (κ2) is 9.14. The molecule has 162 valence electrons. The fourth-order valence-corrected chi connectivity index (χ4v) is 7.89. The Labute approximate surface area is 173 Å². The molecule has 0 bridgehead atoms. The Morgan fingerprint density at radius 3 is 2.28 bits per heavy atom. The average Bonchev–Trinajstić information content (AvgIpc) is 3.05. The predicted molar refractivity (Wildman–Crippen MR) is 110 cm³/mol. The highest BCUT2D eigenvalue weighted by atomic mass is 32.2. The van der Waals surface area contributed by atoms with E-state index in [4.69, 9.17) is 5.11 Å². The van der Waals surface area contributed by atoms with Crippen molar-refractivity contribution < 1.29 is 26.7 Å². The van der Waals surface area contributed by atoms with Crippen LogP contribution in [0.3, 0.4) is 0 Å². The third-order valence-corrected chi connectivity index (χ3v) is 9.66. The zero-order chi connectivity index (χ0) is 21.1. The zero-order valence-electron chi connectivity index (χ0n) is 16.5. The van der Waals surface area contributed by atoms with Gasteiger partial charge in [-0.2, -0.15) is 4.31 Å². The van der Waals surface area contributed by atoms with Gasteiger partial charge in [0.2, 0.25) is 10.0 Å². The Bertz CT molecular complexity index is 918. The van der Waals surface area contributed by atoms with Crippen LogP contribution in [0.5, 0.6) is 0 Å². The highest BCUT2D eigenvalue weighted by molar-refractivity contribution is 7.92. The third-order valence-electron chi connectivity index (χ3n) is 5.95. The average molecular weight is 444 g/mol. The molecule has 0 unspecified atom stereocenters. The molecule has 0 amide bonds. The van der Waals surface area contributed by atoms with Crippen molar-refractivity contribution in [2.24, 2.45) is 0 Å². The maximum atomic E-state index is 13.3. The number of carbonyl (C=O) groups is 1. The Hall–Kier alpha value is -1.45. The second-order valence-electron chi connectivity index (χ2n) is 8.07. The summed E-state index contributed by atoms with van der Waals surface area (Å²) in [4.78, 5) is 11.0. The van der Waals surface area contributed by atoms with Crippen molar-refractivity contribution in [1.82, 2.24) is 4.31 Å². The van der Waals surface area contributed by atoms with E-state index in [0.717, 1.165) is 18.4 Å². The summed E-state index contributed by atoms with van der Waals surface area (Å²) in [6.45, 7) is -0.000797. The number of sulfone groups is 1. The molecule has 1 aliphatic carbocycles. The highest BCUT2D eigenvalue weighted by Gasteiger charge is 2.38. The molecule has 1 aromatic carbocycles. The Morgan fingerprint density at radius 2 is 1.72 bits per heavy atom. The van der Waals surface area contributed by atoms with Crippen LogP contribution in [0.2, 0.25) is 0 Å². The van der Waals surface area contributed by atoms with Gasteiger partial charge in [0.05, 0.1) is 16.4 Å². The van der Waals surface area contributed by atoms with Crippen molar-refractivity contribution in [3.8, 4) is 0 Å². The number of carboxylic acids is 1. The van der Waals surface area contributed by atoms with Gasteiger partial charge in [-0.1, -0.05) is 31.4 Å². The predicted octanol–water partition coefficient (Wildman–Crippen LogP) is 2.78. The summed E-state index contributed by atoms with van der Waals surface area (Å²) in [5.41, 5.74) is 1.14. The first-order valence-electron chi connectivity index (χ1n) is 10.2. The Kier molecular flexibility index (Phi) is 7.01. The number of carboxylic acid groups (broad SMARTS) is 1. The van der Waals surface area contributed by atoms with Gasteiger partial charge < -0.3 is 5.11 Å². The summed E-state index contributed by atoms with van der Waals surface area (Å²) in [5.74, 6) is -0.784. The topological polar surface area (TPSA) is 109 Å². The molecule has 1 N–H and O–H groups in total. The molecule has 7 nitrogen and oxygen atoms in total. The smallest absolute Gasteiger partial charge is 0.303 e. The first kappa shape index (κ1) is 22.2. The van der Waals surface area contributed by atoms with Gasteiger partial charge in [-0.15, -0.1) is 0 Å². The first-order chi connectivity index (χ1) is 13.7. The minimum atomic E-state index is -3.90. The van der Waals surface area contributed by atoms with Gasteiger partial charge in [-0.3, -0.25) is 4.79 Å². The summed E-state index contributed by atoms with van der Waals surface area (Å²) in [6.07, 6.45) is 6.10. The number of hydrogen-bond acceptors (Lipinski definition) is 5. The van der Waals surface area contributed by atoms with Gasteiger partial charge in [0.25, 0.3) is 0 Å². The van der Waals surface area contributed by atoms with Crippen molar-refractivity contribution in [2.45, 2.75) is 68.2 Å². The minimum Gasteiger partial charge on any atom is -0.481 e. The molecule has 1 heterocycles.